The van der Waals surface area contributed by atoms with Crippen LogP contribution in [0.15, 0.2) is 60.7 Å². The Hall–Kier alpha value is -2.21. The van der Waals surface area contributed by atoms with Gasteiger partial charge in [0.15, 0.2) is 6.10 Å². The number of likely N-dealkylation sites (tertiary alicyclic amines) is 1. The van der Waals surface area contributed by atoms with Crippen molar-refractivity contribution in [3.05, 3.63) is 71.8 Å². The van der Waals surface area contributed by atoms with Gasteiger partial charge < -0.3 is 14.8 Å². The maximum atomic E-state index is 12.6. The zero-order chi connectivity index (χ0) is 20.8. The molecule has 30 heavy (non-hydrogen) atoms. The number of nitrogens with one attached hydrogen (secondary N) is 1. The van der Waals surface area contributed by atoms with Crippen molar-refractivity contribution in [2.75, 3.05) is 26.7 Å². The third kappa shape index (κ3) is 5.09. The molecule has 2 aliphatic rings. The molecule has 2 heterocycles. The number of nitrogens with zero attached hydrogens (tertiary/aromatic N) is 1. The van der Waals surface area contributed by atoms with E-state index >= 15 is 0 Å². The topological polar surface area (TPSA) is 50.8 Å². The highest BCUT2D eigenvalue weighted by Gasteiger charge is 2.42. The van der Waals surface area contributed by atoms with Gasteiger partial charge in [-0.3, -0.25) is 9.69 Å². The maximum absolute atomic E-state index is 12.6. The fourth-order valence-corrected chi connectivity index (χ4v) is 4.70. The summed E-state index contributed by atoms with van der Waals surface area (Å²) in [5, 5.41) is 3.04. The van der Waals surface area contributed by atoms with Crippen molar-refractivity contribution in [2.24, 2.45) is 0 Å². The van der Waals surface area contributed by atoms with Crippen LogP contribution in [0.5, 0.6) is 0 Å². The number of benzene rings is 2. The lowest BCUT2D eigenvalue weighted by Crippen LogP contribution is -2.45. The number of methoxy groups -OCH3 is 1. The Morgan fingerprint density at radius 2 is 1.77 bits per heavy atom. The van der Waals surface area contributed by atoms with Gasteiger partial charge in [0.05, 0.1) is 11.7 Å². The molecule has 2 fully saturated rings. The summed E-state index contributed by atoms with van der Waals surface area (Å²) in [4.78, 5) is 15.1. The lowest BCUT2D eigenvalue weighted by Gasteiger charge is -2.39. The first kappa shape index (κ1) is 21.0. The van der Waals surface area contributed by atoms with Crippen molar-refractivity contribution >= 4 is 5.91 Å². The number of carbonyl (C=O) groups is 1. The molecule has 0 aliphatic carbocycles. The Bertz CT molecular complexity index is 804. The average Bonchev–Trinajstić information content (AvgIpc) is 3.19. The minimum Gasteiger partial charge on any atom is -0.370 e. The molecule has 1 amide bonds. The van der Waals surface area contributed by atoms with Crippen LogP contribution >= 0.6 is 0 Å². The molecule has 1 N–H and O–H groups in total. The quantitative estimate of drug-likeness (QED) is 0.759. The van der Waals surface area contributed by atoms with Crippen LogP contribution in [0.3, 0.4) is 0 Å². The van der Waals surface area contributed by atoms with Crippen molar-refractivity contribution in [3.8, 4) is 0 Å². The van der Waals surface area contributed by atoms with Gasteiger partial charge in [0, 0.05) is 33.3 Å². The van der Waals surface area contributed by atoms with Crippen LogP contribution in [0.2, 0.25) is 0 Å². The van der Waals surface area contributed by atoms with E-state index in [1.54, 1.807) is 7.11 Å². The van der Waals surface area contributed by atoms with Crippen molar-refractivity contribution in [1.29, 1.82) is 0 Å². The molecule has 2 saturated heterocycles. The first-order chi connectivity index (χ1) is 14.7. The molecule has 0 unspecified atom stereocenters. The summed E-state index contributed by atoms with van der Waals surface area (Å²) in [6, 6.07) is 20.3. The molecule has 0 aromatic heterocycles. The highest BCUT2D eigenvalue weighted by molar-refractivity contribution is 5.82. The van der Waals surface area contributed by atoms with Gasteiger partial charge in [-0.15, -0.1) is 0 Å². The van der Waals surface area contributed by atoms with Crippen LogP contribution in [0.4, 0.5) is 0 Å². The van der Waals surface area contributed by atoms with Crippen LogP contribution < -0.4 is 5.32 Å². The SMILES string of the molecule is CO[C@H](C(=O)NC[C@@H]1CCC2(CCN(Cc3ccccc3)CC2)O1)c1ccccc1. The van der Waals surface area contributed by atoms with Crippen molar-refractivity contribution in [1.82, 2.24) is 10.2 Å². The Kier molecular flexibility index (Phi) is 6.82. The van der Waals surface area contributed by atoms with Crippen LogP contribution in [-0.2, 0) is 20.8 Å². The fourth-order valence-electron chi connectivity index (χ4n) is 4.70. The predicted octanol–water partition coefficient (Wildman–Crippen LogP) is 3.70. The smallest absolute Gasteiger partial charge is 0.253 e. The van der Waals surface area contributed by atoms with Crippen LogP contribution in [-0.4, -0.2) is 49.3 Å². The number of rotatable bonds is 7. The largest absolute Gasteiger partial charge is 0.370 e. The molecule has 2 atom stereocenters. The highest BCUT2D eigenvalue weighted by Crippen LogP contribution is 2.39. The molecule has 0 saturated carbocycles. The van der Waals surface area contributed by atoms with E-state index in [2.05, 4.69) is 40.5 Å². The number of hydrogen-bond donors (Lipinski definition) is 1. The molecule has 2 aromatic carbocycles. The molecule has 0 bridgehead atoms. The average molecular weight is 409 g/mol. The third-order valence-corrected chi connectivity index (χ3v) is 6.44. The normalized spacial score (nSPS) is 22.1. The van der Waals surface area contributed by atoms with Gasteiger partial charge in [-0.1, -0.05) is 60.7 Å². The second-order valence-corrected chi connectivity index (χ2v) is 8.49. The Morgan fingerprint density at radius 1 is 1.10 bits per heavy atom. The van der Waals surface area contributed by atoms with E-state index in [0.717, 1.165) is 50.9 Å². The van der Waals surface area contributed by atoms with Crippen LogP contribution in [0.1, 0.15) is 42.9 Å². The molecule has 0 radical (unpaired) electrons. The summed E-state index contributed by atoms with van der Waals surface area (Å²) in [6.07, 6.45) is 3.72. The molecular formula is C25H32N2O3. The molecule has 4 rings (SSSR count). The third-order valence-electron chi connectivity index (χ3n) is 6.44. The van der Waals surface area contributed by atoms with Gasteiger partial charge >= 0.3 is 0 Å². The van der Waals surface area contributed by atoms with E-state index in [1.165, 1.54) is 5.56 Å². The van der Waals surface area contributed by atoms with Crippen molar-refractivity contribution < 1.29 is 14.3 Å². The van der Waals surface area contributed by atoms with Crippen LogP contribution in [0, 0.1) is 0 Å². The number of amides is 1. The first-order valence-electron chi connectivity index (χ1n) is 11.0. The second kappa shape index (κ2) is 9.73. The maximum Gasteiger partial charge on any atom is 0.253 e. The summed E-state index contributed by atoms with van der Waals surface area (Å²) in [7, 11) is 1.57. The molecule has 2 aromatic rings. The highest BCUT2D eigenvalue weighted by atomic mass is 16.5. The zero-order valence-electron chi connectivity index (χ0n) is 17.8. The van der Waals surface area contributed by atoms with Gasteiger partial charge in [-0.25, -0.2) is 0 Å². The van der Waals surface area contributed by atoms with E-state index in [4.69, 9.17) is 9.47 Å². The Morgan fingerprint density at radius 3 is 2.43 bits per heavy atom. The van der Waals surface area contributed by atoms with E-state index in [1.807, 2.05) is 30.3 Å². The zero-order valence-corrected chi connectivity index (χ0v) is 17.8. The minimum atomic E-state index is -0.581. The molecular weight excluding hydrogens is 376 g/mol. The molecule has 2 aliphatic heterocycles. The number of piperidine rings is 1. The predicted molar refractivity (Wildman–Crippen MR) is 117 cm³/mol. The lowest BCUT2D eigenvalue weighted by atomic mass is 9.88. The van der Waals surface area contributed by atoms with Gasteiger partial charge in [-0.05, 0) is 36.8 Å². The van der Waals surface area contributed by atoms with Crippen molar-refractivity contribution in [3.63, 3.8) is 0 Å². The minimum absolute atomic E-state index is 0.0112. The molecule has 160 valence electrons. The van der Waals surface area contributed by atoms with Gasteiger partial charge in [0.1, 0.15) is 0 Å². The Balaban J connectivity index is 1.23. The number of carbonyl (C=O) groups excluding carboxylic acids is 1. The van der Waals surface area contributed by atoms with Gasteiger partial charge in [-0.2, -0.15) is 0 Å². The summed E-state index contributed by atoms with van der Waals surface area (Å²) in [5.41, 5.74) is 2.22. The Labute approximate surface area is 179 Å². The molecule has 5 heteroatoms. The molecule has 5 nitrogen and oxygen atoms in total. The van der Waals surface area contributed by atoms with E-state index in [9.17, 15) is 4.79 Å². The van der Waals surface area contributed by atoms with Gasteiger partial charge in [0.2, 0.25) is 0 Å². The van der Waals surface area contributed by atoms with E-state index in [-0.39, 0.29) is 17.6 Å². The van der Waals surface area contributed by atoms with Crippen LogP contribution in [0.25, 0.3) is 0 Å². The van der Waals surface area contributed by atoms with E-state index in [0.29, 0.717) is 6.54 Å². The van der Waals surface area contributed by atoms with E-state index < -0.39 is 6.10 Å². The fraction of sp³-hybridized carbons (Fsp3) is 0.480. The van der Waals surface area contributed by atoms with Crippen molar-refractivity contribution in [2.45, 2.75) is 50.0 Å². The second-order valence-electron chi connectivity index (χ2n) is 8.49. The lowest BCUT2D eigenvalue weighted by molar-refractivity contribution is -0.133. The summed E-state index contributed by atoms with van der Waals surface area (Å²) in [6.45, 7) is 3.68. The number of ether oxygens (including phenoxy) is 2. The number of hydrogen-bond acceptors (Lipinski definition) is 4. The van der Waals surface area contributed by atoms with Gasteiger partial charge in [0.25, 0.3) is 5.91 Å². The summed E-state index contributed by atoms with van der Waals surface area (Å²) < 4.78 is 11.9. The summed E-state index contributed by atoms with van der Waals surface area (Å²) >= 11 is 0. The monoisotopic (exact) mass is 408 g/mol. The summed E-state index contributed by atoms with van der Waals surface area (Å²) in [5.74, 6) is -0.106. The molecule has 1 spiro atoms. The first-order valence-corrected chi connectivity index (χ1v) is 11.0. The standard InChI is InChI=1S/C25H32N2O3/c1-29-23(21-10-6-3-7-11-21)24(28)26-18-22-12-13-25(30-22)14-16-27(17-15-25)19-20-8-4-2-5-9-20/h2-11,22-23H,12-19H2,1H3,(H,26,28)/t22-,23-/m0/s1.